The van der Waals surface area contributed by atoms with Gasteiger partial charge in [0.15, 0.2) is 0 Å². The van der Waals surface area contributed by atoms with Gasteiger partial charge in [0.1, 0.15) is 0 Å². The van der Waals surface area contributed by atoms with Crippen LogP contribution in [0.4, 0.5) is 13.2 Å². The van der Waals surface area contributed by atoms with Crippen molar-refractivity contribution in [3.63, 3.8) is 0 Å². The average Bonchev–Trinajstić information content (AvgIpc) is 2.79. The monoisotopic (exact) mass is 290 g/mol. The van der Waals surface area contributed by atoms with Crippen molar-refractivity contribution in [1.29, 1.82) is 0 Å². The van der Waals surface area contributed by atoms with Crippen LogP contribution in [-0.4, -0.2) is 10.2 Å². The van der Waals surface area contributed by atoms with Crippen molar-refractivity contribution in [1.82, 2.24) is 10.2 Å². The summed E-state index contributed by atoms with van der Waals surface area (Å²) in [7, 11) is 0. The maximum absolute atomic E-state index is 13.0. The van der Waals surface area contributed by atoms with Crippen molar-refractivity contribution >= 4 is 10.9 Å². The third kappa shape index (κ3) is 2.39. The van der Waals surface area contributed by atoms with Gasteiger partial charge in [0.25, 0.3) is 0 Å². The number of nitrogens with one attached hydrogen (secondary N) is 1. The predicted molar refractivity (Wildman–Crippen MR) is 76.0 cm³/mol. The van der Waals surface area contributed by atoms with Gasteiger partial charge in [-0.3, -0.25) is 5.10 Å². The van der Waals surface area contributed by atoms with Crippen LogP contribution in [0.25, 0.3) is 22.2 Å². The second kappa shape index (κ2) is 4.62. The smallest absolute Gasteiger partial charge is 0.277 e. The largest absolute Gasteiger partial charge is 0.418 e. The van der Waals surface area contributed by atoms with Crippen LogP contribution in [0.5, 0.6) is 0 Å². The summed E-state index contributed by atoms with van der Waals surface area (Å²) in [5.74, 6) is 0. The van der Waals surface area contributed by atoms with Gasteiger partial charge in [-0.15, -0.1) is 0 Å². The first-order valence-electron chi connectivity index (χ1n) is 6.49. The van der Waals surface area contributed by atoms with Gasteiger partial charge in [-0.25, -0.2) is 0 Å². The van der Waals surface area contributed by atoms with Gasteiger partial charge >= 0.3 is 6.18 Å². The number of rotatable bonds is 1. The van der Waals surface area contributed by atoms with E-state index in [1.165, 1.54) is 6.07 Å². The second-order valence-electron chi connectivity index (χ2n) is 5.17. The van der Waals surface area contributed by atoms with Gasteiger partial charge < -0.3 is 0 Å². The van der Waals surface area contributed by atoms with E-state index in [1.54, 1.807) is 6.07 Å². The normalized spacial score (nSPS) is 12.0. The van der Waals surface area contributed by atoms with E-state index in [9.17, 15) is 13.2 Å². The van der Waals surface area contributed by atoms with E-state index in [0.717, 1.165) is 22.8 Å². The molecule has 1 heterocycles. The number of hydrogen-bond acceptors (Lipinski definition) is 1. The van der Waals surface area contributed by atoms with E-state index < -0.39 is 11.7 Å². The minimum Gasteiger partial charge on any atom is -0.277 e. The minimum atomic E-state index is -4.40. The van der Waals surface area contributed by atoms with Crippen molar-refractivity contribution < 1.29 is 13.2 Å². The Balaban J connectivity index is 2.26. The molecule has 0 aliphatic carbocycles. The fourth-order valence-electron chi connectivity index (χ4n) is 2.61. The minimum absolute atomic E-state index is 0.0270. The van der Waals surface area contributed by atoms with Crippen LogP contribution in [0.15, 0.2) is 36.4 Å². The highest BCUT2D eigenvalue weighted by atomic mass is 19.4. The molecule has 0 atom stereocenters. The van der Waals surface area contributed by atoms with E-state index >= 15 is 0 Å². The van der Waals surface area contributed by atoms with Gasteiger partial charge in [-0.05, 0) is 32.0 Å². The van der Waals surface area contributed by atoms with Crippen molar-refractivity contribution in [3.05, 3.63) is 53.1 Å². The molecule has 3 rings (SSSR count). The molecule has 0 aliphatic rings. The molecule has 2 nitrogen and oxygen atoms in total. The maximum atomic E-state index is 13.0. The first-order valence-corrected chi connectivity index (χ1v) is 6.49. The summed E-state index contributed by atoms with van der Waals surface area (Å²) in [4.78, 5) is 0. The van der Waals surface area contributed by atoms with Gasteiger partial charge in [0.05, 0.1) is 16.8 Å². The molecular formula is C16H13F3N2. The Morgan fingerprint density at radius 1 is 1.00 bits per heavy atom. The van der Waals surface area contributed by atoms with Crippen molar-refractivity contribution in [2.75, 3.05) is 0 Å². The number of hydrogen-bond donors (Lipinski definition) is 1. The molecule has 1 N–H and O–H groups in total. The quantitative estimate of drug-likeness (QED) is 0.681. The molecule has 2 aromatic carbocycles. The Bertz CT molecular complexity index is 796. The zero-order valence-electron chi connectivity index (χ0n) is 11.5. The molecule has 0 fully saturated rings. The number of alkyl halides is 3. The Hall–Kier alpha value is -2.30. The van der Waals surface area contributed by atoms with Crippen LogP contribution in [0.3, 0.4) is 0 Å². The van der Waals surface area contributed by atoms with Crippen molar-refractivity contribution in [2.45, 2.75) is 20.0 Å². The summed E-state index contributed by atoms with van der Waals surface area (Å²) in [6.45, 7) is 3.90. The molecule has 0 spiro atoms. The molecule has 0 saturated carbocycles. The molecular weight excluding hydrogens is 277 g/mol. The fourth-order valence-corrected chi connectivity index (χ4v) is 2.61. The number of H-pyrrole nitrogens is 1. The summed E-state index contributed by atoms with van der Waals surface area (Å²) in [5.41, 5.74) is 2.80. The molecule has 5 heteroatoms. The molecule has 3 aromatic rings. The molecule has 21 heavy (non-hydrogen) atoms. The van der Waals surface area contributed by atoms with E-state index in [1.807, 2.05) is 32.0 Å². The number of aryl methyl sites for hydroxylation is 2. The summed E-state index contributed by atoms with van der Waals surface area (Å²) in [6, 6.07) is 9.98. The van der Waals surface area contributed by atoms with E-state index in [4.69, 9.17) is 0 Å². The number of para-hydroxylation sites is 1. The standard InChI is InChI=1S/C16H13F3N2/c1-9-6-10(2)8-11(7-9)14-12-4-3-5-13(16(17,18)19)15(12)21-20-14/h3-8H,1-2H3,(H,20,21). The molecule has 0 amide bonds. The third-order valence-electron chi connectivity index (χ3n) is 3.40. The maximum Gasteiger partial charge on any atom is 0.418 e. The lowest BCUT2D eigenvalue weighted by atomic mass is 10.0. The molecule has 0 aliphatic heterocycles. The number of aromatic nitrogens is 2. The molecule has 0 unspecified atom stereocenters. The number of fused-ring (bicyclic) bond motifs is 1. The van der Waals surface area contributed by atoms with E-state index in [0.29, 0.717) is 11.1 Å². The first-order chi connectivity index (χ1) is 9.86. The lowest BCUT2D eigenvalue weighted by Crippen LogP contribution is -2.05. The van der Waals surface area contributed by atoms with Gasteiger partial charge in [0.2, 0.25) is 0 Å². The zero-order chi connectivity index (χ0) is 15.2. The van der Waals surface area contributed by atoms with Crippen molar-refractivity contribution in [2.24, 2.45) is 0 Å². The number of halogens is 3. The van der Waals surface area contributed by atoms with Crippen LogP contribution in [-0.2, 0) is 6.18 Å². The fraction of sp³-hybridized carbons (Fsp3) is 0.188. The van der Waals surface area contributed by atoms with Crippen LogP contribution in [0.2, 0.25) is 0 Å². The number of aromatic amines is 1. The van der Waals surface area contributed by atoms with Gasteiger partial charge in [-0.1, -0.05) is 29.3 Å². The predicted octanol–water partition coefficient (Wildman–Crippen LogP) is 4.87. The summed E-state index contributed by atoms with van der Waals surface area (Å²) >= 11 is 0. The Labute approximate surface area is 119 Å². The summed E-state index contributed by atoms with van der Waals surface area (Å²) in [6.07, 6.45) is -4.40. The SMILES string of the molecule is Cc1cc(C)cc(-c2n[nH]c3c(C(F)(F)F)cccc23)c1. The highest BCUT2D eigenvalue weighted by molar-refractivity contribution is 5.95. The second-order valence-corrected chi connectivity index (χ2v) is 5.17. The van der Waals surface area contributed by atoms with Gasteiger partial charge in [0, 0.05) is 10.9 Å². The van der Waals surface area contributed by atoms with Crippen LogP contribution < -0.4 is 0 Å². The highest BCUT2D eigenvalue weighted by Crippen LogP contribution is 2.36. The Morgan fingerprint density at radius 2 is 1.67 bits per heavy atom. The topological polar surface area (TPSA) is 28.7 Å². The molecule has 0 saturated heterocycles. The molecule has 0 bridgehead atoms. The Kier molecular flexibility index (Phi) is 3.01. The average molecular weight is 290 g/mol. The lowest BCUT2D eigenvalue weighted by Gasteiger charge is -2.07. The lowest BCUT2D eigenvalue weighted by molar-refractivity contribution is -0.136. The van der Waals surface area contributed by atoms with Crippen LogP contribution in [0.1, 0.15) is 16.7 Å². The van der Waals surface area contributed by atoms with Crippen molar-refractivity contribution in [3.8, 4) is 11.3 Å². The van der Waals surface area contributed by atoms with E-state index in [2.05, 4.69) is 10.2 Å². The molecule has 1 aromatic heterocycles. The van der Waals surface area contributed by atoms with Crippen LogP contribution >= 0.6 is 0 Å². The first kappa shape index (κ1) is 13.7. The summed E-state index contributed by atoms with van der Waals surface area (Å²) < 4.78 is 39.0. The molecule has 0 radical (unpaired) electrons. The van der Waals surface area contributed by atoms with Gasteiger partial charge in [-0.2, -0.15) is 18.3 Å². The Morgan fingerprint density at radius 3 is 2.29 bits per heavy atom. The van der Waals surface area contributed by atoms with Crippen LogP contribution in [0, 0.1) is 13.8 Å². The molecule has 108 valence electrons. The van der Waals surface area contributed by atoms with E-state index in [-0.39, 0.29) is 5.52 Å². The highest BCUT2D eigenvalue weighted by Gasteiger charge is 2.33. The zero-order valence-corrected chi connectivity index (χ0v) is 11.5. The summed E-state index contributed by atoms with van der Waals surface area (Å²) in [5, 5.41) is 7.11. The number of nitrogens with zero attached hydrogens (tertiary/aromatic N) is 1. The third-order valence-corrected chi connectivity index (χ3v) is 3.40. The number of benzene rings is 2.